The molecule has 23 heavy (non-hydrogen) atoms. The van der Waals surface area contributed by atoms with E-state index in [0.29, 0.717) is 24.0 Å². The van der Waals surface area contributed by atoms with E-state index in [1.165, 1.54) is 24.3 Å². The molecule has 0 aromatic heterocycles. The van der Waals surface area contributed by atoms with Gasteiger partial charge in [-0.25, -0.2) is 8.42 Å². The van der Waals surface area contributed by atoms with Crippen molar-refractivity contribution < 1.29 is 17.9 Å². The molecule has 0 fully saturated rings. The van der Waals surface area contributed by atoms with Crippen LogP contribution in [0.1, 0.15) is 0 Å². The van der Waals surface area contributed by atoms with Gasteiger partial charge < -0.3 is 9.47 Å². The molecule has 0 aliphatic rings. The van der Waals surface area contributed by atoms with Crippen molar-refractivity contribution in [2.24, 2.45) is 0 Å². The predicted molar refractivity (Wildman–Crippen MR) is 91.1 cm³/mol. The Morgan fingerprint density at radius 1 is 1.04 bits per heavy atom. The van der Waals surface area contributed by atoms with Crippen molar-refractivity contribution in [3.05, 3.63) is 52.5 Å². The summed E-state index contributed by atoms with van der Waals surface area (Å²) in [5, 5.41) is 0.649. The first-order valence-corrected chi connectivity index (χ1v) is 8.86. The fraction of sp³-hybridized carbons (Fsp3) is 0.200. The highest BCUT2D eigenvalue weighted by atomic mass is 35.5. The summed E-state index contributed by atoms with van der Waals surface area (Å²) in [6.07, 6.45) is 0. The summed E-state index contributed by atoms with van der Waals surface area (Å²) < 4.78 is 37.4. The minimum Gasteiger partial charge on any atom is -0.491 e. The van der Waals surface area contributed by atoms with Gasteiger partial charge in [-0.15, -0.1) is 0 Å². The Morgan fingerprint density at radius 3 is 2.35 bits per heavy atom. The van der Waals surface area contributed by atoms with E-state index in [1.54, 1.807) is 25.3 Å². The van der Waals surface area contributed by atoms with Gasteiger partial charge in [-0.1, -0.05) is 23.2 Å². The number of rotatable bonds is 7. The van der Waals surface area contributed by atoms with E-state index in [9.17, 15) is 8.42 Å². The molecule has 124 valence electrons. The molecule has 0 saturated carbocycles. The number of nitrogens with one attached hydrogen (secondary N) is 1. The lowest BCUT2D eigenvalue weighted by Gasteiger charge is -2.11. The van der Waals surface area contributed by atoms with Crippen molar-refractivity contribution in [2.45, 2.75) is 4.90 Å². The van der Waals surface area contributed by atoms with Gasteiger partial charge in [0.1, 0.15) is 12.4 Å². The summed E-state index contributed by atoms with van der Waals surface area (Å²) in [7, 11) is -2.17. The van der Waals surface area contributed by atoms with Crippen LogP contribution in [0.3, 0.4) is 0 Å². The van der Waals surface area contributed by atoms with Gasteiger partial charge in [0, 0.05) is 12.1 Å². The van der Waals surface area contributed by atoms with Crippen LogP contribution in [0.4, 0.5) is 5.69 Å². The zero-order chi connectivity index (χ0) is 16.9. The molecule has 0 aliphatic carbocycles. The molecular formula is C15H15Cl2NO4S. The Kier molecular flexibility index (Phi) is 6.12. The smallest absolute Gasteiger partial charge is 0.261 e. The molecular weight excluding hydrogens is 361 g/mol. The molecule has 0 spiro atoms. The van der Waals surface area contributed by atoms with Crippen LogP contribution < -0.4 is 9.46 Å². The third kappa shape index (κ3) is 5.00. The van der Waals surface area contributed by atoms with Gasteiger partial charge in [0.05, 0.1) is 22.2 Å². The van der Waals surface area contributed by atoms with Crippen LogP contribution in [0.15, 0.2) is 47.4 Å². The Labute approximate surface area is 145 Å². The molecule has 0 unspecified atom stereocenters. The summed E-state index contributed by atoms with van der Waals surface area (Å²) in [6.45, 7) is 0.845. The van der Waals surface area contributed by atoms with Crippen LogP contribution in [-0.2, 0) is 14.8 Å². The highest BCUT2D eigenvalue weighted by Crippen LogP contribution is 2.28. The van der Waals surface area contributed by atoms with E-state index >= 15 is 0 Å². The maximum Gasteiger partial charge on any atom is 0.261 e. The van der Waals surface area contributed by atoms with Gasteiger partial charge in [0.25, 0.3) is 10.0 Å². The molecule has 0 heterocycles. The number of benzene rings is 2. The highest BCUT2D eigenvalue weighted by Gasteiger charge is 2.16. The molecule has 2 rings (SSSR count). The van der Waals surface area contributed by atoms with Crippen molar-refractivity contribution >= 4 is 38.9 Å². The number of anilines is 1. The topological polar surface area (TPSA) is 64.6 Å². The number of hydrogen-bond donors (Lipinski definition) is 1. The molecule has 0 amide bonds. The first-order chi connectivity index (χ1) is 10.9. The zero-order valence-corrected chi connectivity index (χ0v) is 14.6. The lowest BCUT2D eigenvalue weighted by Crippen LogP contribution is -2.13. The first kappa shape index (κ1) is 17.9. The average Bonchev–Trinajstić information content (AvgIpc) is 2.51. The second-order valence-electron chi connectivity index (χ2n) is 4.54. The Morgan fingerprint density at radius 2 is 1.74 bits per heavy atom. The summed E-state index contributed by atoms with van der Waals surface area (Å²) in [6, 6.07) is 10.6. The van der Waals surface area contributed by atoms with Crippen molar-refractivity contribution in [1.29, 1.82) is 0 Å². The monoisotopic (exact) mass is 375 g/mol. The maximum atomic E-state index is 12.3. The summed E-state index contributed by atoms with van der Waals surface area (Å²) in [5.41, 5.74) is 0.261. The predicted octanol–water partition coefficient (Wildman–Crippen LogP) is 3.82. The van der Waals surface area contributed by atoms with Crippen LogP contribution in [0.5, 0.6) is 5.75 Å². The van der Waals surface area contributed by atoms with E-state index in [4.69, 9.17) is 32.7 Å². The number of sulfonamides is 1. The molecule has 0 aliphatic heterocycles. The van der Waals surface area contributed by atoms with Crippen LogP contribution >= 0.6 is 23.2 Å². The summed E-state index contributed by atoms with van der Waals surface area (Å²) in [5.74, 6) is 0.561. The summed E-state index contributed by atoms with van der Waals surface area (Å²) in [4.78, 5) is 0.0996. The van der Waals surface area contributed by atoms with Crippen LogP contribution in [0.25, 0.3) is 0 Å². The molecule has 0 radical (unpaired) electrons. The van der Waals surface area contributed by atoms with Gasteiger partial charge in [-0.05, 0) is 42.5 Å². The van der Waals surface area contributed by atoms with Crippen LogP contribution in [0.2, 0.25) is 10.0 Å². The molecule has 1 N–H and O–H groups in total. The maximum absolute atomic E-state index is 12.3. The van der Waals surface area contributed by atoms with E-state index < -0.39 is 10.0 Å². The van der Waals surface area contributed by atoms with Crippen LogP contribution in [0, 0.1) is 0 Å². The molecule has 5 nitrogen and oxygen atoms in total. The van der Waals surface area contributed by atoms with E-state index in [1.807, 2.05) is 0 Å². The highest BCUT2D eigenvalue weighted by molar-refractivity contribution is 7.92. The normalized spacial score (nSPS) is 11.3. The quantitative estimate of drug-likeness (QED) is 0.747. The second-order valence-corrected chi connectivity index (χ2v) is 7.07. The molecule has 0 bridgehead atoms. The van der Waals surface area contributed by atoms with E-state index in [-0.39, 0.29) is 15.6 Å². The molecule has 2 aromatic rings. The number of hydrogen-bond acceptors (Lipinski definition) is 4. The van der Waals surface area contributed by atoms with E-state index in [0.717, 1.165) is 0 Å². The van der Waals surface area contributed by atoms with Gasteiger partial charge in [-0.2, -0.15) is 0 Å². The zero-order valence-electron chi connectivity index (χ0n) is 12.3. The van der Waals surface area contributed by atoms with Gasteiger partial charge in [-0.3, -0.25) is 4.72 Å². The third-order valence-corrected chi connectivity index (χ3v) is 4.79. The Hall–Kier alpha value is -1.47. The minimum atomic E-state index is -3.75. The van der Waals surface area contributed by atoms with Crippen molar-refractivity contribution in [2.75, 3.05) is 25.0 Å². The first-order valence-electron chi connectivity index (χ1n) is 6.62. The van der Waals surface area contributed by atoms with E-state index in [2.05, 4.69) is 4.72 Å². The largest absolute Gasteiger partial charge is 0.491 e. The number of halogens is 2. The SMILES string of the molecule is COCCOc1ccc(S(=O)(=O)Nc2ccc(Cl)cc2Cl)cc1. The molecule has 2 aromatic carbocycles. The minimum absolute atomic E-state index is 0.0996. The third-order valence-electron chi connectivity index (χ3n) is 2.87. The van der Waals surface area contributed by atoms with Crippen molar-refractivity contribution in [3.8, 4) is 5.75 Å². The summed E-state index contributed by atoms with van der Waals surface area (Å²) >= 11 is 11.8. The molecule has 0 atom stereocenters. The Bertz CT molecular complexity index is 764. The average molecular weight is 376 g/mol. The van der Waals surface area contributed by atoms with Crippen molar-refractivity contribution in [1.82, 2.24) is 0 Å². The van der Waals surface area contributed by atoms with Gasteiger partial charge in [0.15, 0.2) is 0 Å². The number of methoxy groups -OCH3 is 1. The second kappa shape index (κ2) is 7.88. The fourth-order valence-corrected chi connectivity index (χ4v) is 3.33. The van der Waals surface area contributed by atoms with Crippen LogP contribution in [-0.4, -0.2) is 28.7 Å². The number of ether oxygens (including phenoxy) is 2. The lowest BCUT2D eigenvalue weighted by molar-refractivity contribution is 0.146. The van der Waals surface area contributed by atoms with Gasteiger partial charge >= 0.3 is 0 Å². The van der Waals surface area contributed by atoms with Gasteiger partial charge in [0.2, 0.25) is 0 Å². The fourth-order valence-electron chi connectivity index (χ4n) is 1.73. The standard InChI is InChI=1S/C15H15Cl2NO4S/c1-21-8-9-22-12-3-5-13(6-4-12)23(19,20)18-15-7-2-11(16)10-14(15)17/h2-7,10,18H,8-9H2,1H3. The van der Waals surface area contributed by atoms with Crippen molar-refractivity contribution in [3.63, 3.8) is 0 Å². The Balaban J connectivity index is 2.13. The lowest BCUT2D eigenvalue weighted by atomic mass is 10.3. The molecule has 8 heteroatoms. The molecule has 0 saturated heterocycles.